The molecule has 2 aliphatic rings. The van der Waals surface area contributed by atoms with Crippen LogP contribution in [0.4, 0.5) is 10.3 Å². The first-order chi connectivity index (χ1) is 11.2. The van der Waals surface area contributed by atoms with Crippen LogP contribution in [0, 0.1) is 11.7 Å². The van der Waals surface area contributed by atoms with E-state index >= 15 is 0 Å². The van der Waals surface area contributed by atoms with Crippen LogP contribution >= 0.6 is 12.4 Å². The third-order valence-corrected chi connectivity index (χ3v) is 4.53. The van der Waals surface area contributed by atoms with Crippen molar-refractivity contribution in [1.82, 2.24) is 14.5 Å². The first-order valence-corrected chi connectivity index (χ1v) is 8.06. The summed E-state index contributed by atoms with van der Waals surface area (Å²) < 4.78 is 15.8. The van der Waals surface area contributed by atoms with Crippen molar-refractivity contribution in [3.05, 3.63) is 42.5 Å². The topological polar surface area (TPSA) is 41.4 Å². The van der Waals surface area contributed by atoms with Crippen molar-refractivity contribution in [2.75, 3.05) is 31.1 Å². The van der Waals surface area contributed by atoms with Crippen LogP contribution in [0.1, 0.15) is 12.8 Å². The number of hydrogen-bond acceptors (Lipinski definition) is 3. The zero-order valence-electron chi connectivity index (χ0n) is 13.3. The molecule has 1 amide bonds. The number of carbonyl (C=O) groups is 1. The largest absolute Gasteiger partial charge is 0.339 e. The lowest BCUT2D eigenvalue weighted by Crippen LogP contribution is -2.49. The predicted molar refractivity (Wildman–Crippen MR) is 92.3 cm³/mol. The van der Waals surface area contributed by atoms with E-state index in [2.05, 4.69) is 9.88 Å². The molecule has 1 saturated carbocycles. The van der Waals surface area contributed by atoms with E-state index < -0.39 is 0 Å². The van der Waals surface area contributed by atoms with E-state index in [1.807, 2.05) is 11.0 Å². The van der Waals surface area contributed by atoms with Gasteiger partial charge in [-0.15, -0.1) is 12.4 Å². The lowest BCUT2D eigenvalue weighted by molar-refractivity contribution is -0.132. The molecule has 1 aliphatic carbocycles. The first kappa shape index (κ1) is 16.8. The SMILES string of the molecule is Cl.O=C(C1CC1)N1CCN(c2nccn2-c2ccccc2F)CC1. The van der Waals surface area contributed by atoms with E-state index in [1.54, 1.807) is 29.1 Å². The van der Waals surface area contributed by atoms with Gasteiger partial charge in [0.25, 0.3) is 0 Å². The van der Waals surface area contributed by atoms with Crippen LogP contribution in [0.5, 0.6) is 0 Å². The number of piperazine rings is 1. The highest BCUT2D eigenvalue weighted by atomic mass is 35.5. The number of imidazole rings is 1. The normalized spacial score (nSPS) is 17.5. The number of amides is 1. The number of para-hydroxylation sites is 1. The highest BCUT2D eigenvalue weighted by molar-refractivity contribution is 5.85. The Morgan fingerprint density at radius 2 is 1.83 bits per heavy atom. The molecule has 7 heteroatoms. The van der Waals surface area contributed by atoms with Gasteiger partial charge in [0.2, 0.25) is 11.9 Å². The van der Waals surface area contributed by atoms with Gasteiger partial charge in [-0.3, -0.25) is 9.36 Å². The third-order valence-electron chi connectivity index (χ3n) is 4.53. The van der Waals surface area contributed by atoms with Crippen LogP contribution in [0.25, 0.3) is 5.69 Å². The van der Waals surface area contributed by atoms with Crippen LogP contribution in [-0.4, -0.2) is 46.5 Å². The van der Waals surface area contributed by atoms with Gasteiger partial charge >= 0.3 is 0 Å². The van der Waals surface area contributed by atoms with Gasteiger partial charge in [-0.05, 0) is 25.0 Å². The van der Waals surface area contributed by atoms with E-state index in [0.29, 0.717) is 24.7 Å². The number of halogens is 2. The Balaban J connectivity index is 0.00000169. The molecule has 0 radical (unpaired) electrons. The van der Waals surface area contributed by atoms with Gasteiger partial charge in [0.1, 0.15) is 5.82 Å². The van der Waals surface area contributed by atoms with Crippen LogP contribution in [0.15, 0.2) is 36.7 Å². The Bertz CT molecular complexity index is 723. The zero-order chi connectivity index (χ0) is 15.8. The van der Waals surface area contributed by atoms with Crippen molar-refractivity contribution in [2.45, 2.75) is 12.8 Å². The molecule has 0 atom stereocenters. The van der Waals surface area contributed by atoms with Gasteiger partial charge in [-0.1, -0.05) is 12.1 Å². The van der Waals surface area contributed by atoms with Crippen LogP contribution in [0.2, 0.25) is 0 Å². The molecule has 0 N–H and O–H groups in total. The Morgan fingerprint density at radius 3 is 2.50 bits per heavy atom. The van der Waals surface area contributed by atoms with Crippen molar-refractivity contribution >= 4 is 24.3 Å². The van der Waals surface area contributed by atoms with E-state index in [-0.39, 0.29) is 24.1 Å². The quantitative estimate of drug-likeness (QED) is 0.854. The minimum atomic E-state index is -0.269. The minimum Gasteiger partial charge on any atom is -0.339 e. The third kappa shape index (κ3) is 3.11. The summed E-state index contributed by atoms with van der Waals surface area (Å²) in [4.78, 5) is 20.6. The van der Waals surface area contributed by atoms with E-state index in [9.17, 15) is 9.18 Å². The molecule has 0 unspecified atom stereocenters. The molecule has 4 rings (SSSR count). The van der Waals surface area contributed by atoms with Crippen molar-refractivity contribution in [3.8, 4) is 5.69 Å². The summed E-state index contributed by atoms with van der Waals surface area (Å²) >= 11 is 0. The Kier molecular flexibility index (Phi) is 4.76. The fraction of sp³-hybridized carbons (Fsp3) is 0.412. The number of aromatic nitrogens is 2. The Hall–Kier alpha value is -2.08. The molecular weight excluding hydrogens is 331 g/mol. The monoisotopic (exact) mass is 350 g/mol. The molecule has 2 aromatic rings. The molecule has 1 saturated heterocycles. The second kappa shape index (κ2) is 6.81. The smallest absolute Gasteiger partial charge is 0.225 e. The summed E-state index contributed by atoms with van der Waals surface area (Å²) in [5.41, 5.74) is 0.497. The van der Waals surface area contributed by atoms with Crippen LogP contribution < -0.4 is 4.90 Å². The molecule has 128 valence electrons. The van der Waals surface area contributed by atoms with E-state index in [4.69, 9.17) is 0 Å². The number of nitrogens with zero attached hydrogens (tertiary/aromatic N) is 4. The second-order valence-corrected chi connectivity index (χ2v) is 6.14. The number of carbonyl (C=O) groups excluding carboxylic acids is 1. The lowest BCUT2D eigenvalue weighted by atomic mass is 10.2. The summed E-state index contributed by atoms with van der Waals surface area (Å²) in [6.07, 6.45) is 5.53. The number of hydrogen-bond donors (Lipinski definition) is 0. The molecular formula is C17H20ClFN4O. The minimum absolute atomic E-state index is 0. The van der Waals surface area contributed by atoms with Gasteiger partial charge in [0.15, 0.2) is 0 Å². The van der Waals surface area contributed by atoms with Crippen LogP contribution in [-0.2, 0) is 4.79 Å². The average Bonchev–Trinajstić information content (AvgIpc) is 3.32. The van der Waals surface area contributed by atoms with E-state index in [1.165, 1.54) is 6.07 Å². The maximum absolute atomic E-state index is 14.0. The fourth-order valence-corrected chi connectivity index (χ4v) is 3.08. The highest BCUT2D eigenvalue weighted by Crippen LogP contribution is 2.31. The summed E-state index contributed by atoms with van der Waals surface area (Å²) in [5, 5.41) is 0. The van der Waals surface area contributed by atoms with Gasteiger partial charge < -0.3 is 9.80 Å². The molecule has 24 heavy (non-hydrogen) atoms. The lowest BCUT2D eigenvalue weighted by Gasteiger charge is -2.35. The fourth-order valence-electron chi connectivity index (χ4n) is 3.08. The molecule has 0 bridgehead atoms. The van der Waals surface area contributed by atoms with E-state index in [0.717, 1.165) is 31.9 Å². The summed E-state index contributed by atoms with van der Waals surface area (Å²) in [6, 6.07) is 6.69. The molecule has 5 nitrogen and oxygen atoms in total. The molecule has 1 aliphatic heterocycles. The van der Waals surface area contributed by atoms with Crippen molar-refractivity contribution in [3.63, 3.8) is 0 Å². The maximum atomic E-state index is 14.0. The molecule has 2 heterocycles. The van der Waals surface area contributed by atoms with Gasteiger partial charge in [0.05, 0.1) is 5.69 Å². The summed E-state index contributed by atoms with van der Waals surface area (Å²) in [6.45, 7) is 2.87. The summed E-state index contributed by atoms with van der Waals surface area (Å²) in [5.74, 6) is 1.02. The van der Waals surface area contributed by atoms with Crippen LogP contribution in [0.3, 0.4) is 0 Å². The zero-order valence-corrected chi connectivity index (χ0v) is 14.1. The van der Waals surface area contributed by atoms with Crippen molar-refractivity contribution in [1.29, 1.82) is 0 Å². The molecule has 1 aromatic heterocycles. The predicted octanol–water partition coefficient (Wildman–Crippen LogP) is 2.49. The first-order valence-electron chi connectivity index (χ1n) is 8.06. The Morgan fingerprint density at radius 1 is 1.12 bits per heavy atom. The van der Waals surface area contributed by atoms with Gasteiger partial charge in [0, 0.05) is 44.5 Å². The summed E-state index contributed by atoms with van der Waals surface area (Å²) in [7, 11) is 0. The number of anilines is 1. The highest BCUT2D eigenvalue weighted by Gasteiger charge is 2.35. The molecule has 2 fully saturated rings. The maximum Gasteiger partial charge on any atom is 0.225 e. The van der Waals surface area contributed by atoms with Crippen molar-refractivity contribution in [2.24, 2.45) is 5.92 Å². The Labute approximate surface area is 146 Å². The number of benzene rings is 1. The van der Waals surface area contributed by atoms with Gasteiger partial charge in [-0.25, -0.2) is 9.37 Å². The molecule has 0 spiro atoms. The average molecular weight is 351 g/mol. The number of rotatable bonds is 3. The molecule has 1 aromatic carbocycles. The van der Waals surface area contributed by atoms with Crippen molar-refractivity contribution < 1.29 is 9.18 Å². The van der Waals surface area contributed by atoms with Gasteiger partial charge in [-0.2, -0.15) is 0 Å². The second-order valence-electron chi connectivity index (χ2n) is 6.14. The standard InChI is InChI=1S/C17H19FN4O.ClH/c18-14-3-1-2-4-15(14)22-8-7-19-17(22)21-11-9-20(10-12-21)16(23)13-5-6-13;/h1-4,7-8,13H,5-6,9-12H2;1H.